The van der Waals surface area contributed by atoms with Crippen LogP contribution >= 0.6 is 70.5 Å². The fourth-order valence-corrected chi connectivity index (χ4v) is 5.48. The van der Waals surface area contributed by atoms with Gasteiger partial charge in [0.1, 0.15) is 0 Å². The number of rotatable bonds is 6. The normalized spacial score (nSPS) is 12.8. The Hall–Kier alpha value is 0.800. The van der Waals surface area contributed by atoms with Gasteiger partial charge in [-0.25, -0.2) is 0 Å². The van der Waals surface area contributed by atoms with Gasteiger partial charge in [0.05, 0.1) is 7.57 Å². The highest BCUT2D eigenvalue weighted by molar-refractivity contribution is 9.13. The predicted molar refractivity (Wildman–Crippen MR) is 96.5 cm³/mol. The highest BCUT2D eigenvalue weighted by Crippen LogP contribution is 2.37. The predicted octanol–water partition coefficient (Wildman–Crippen LogP) is 6.38. The van der Waals surface area contributed by atoms with Gasteiger partial charge in [-0.05, 0) is 79.0 Å². The lowest BCUT2D eigenvalue weighted by Gasteiger charge is -2.16. The highest BCUT2D eigenvalue weighted by atomic mass is 79.9. The molecule has 2 aromatic heterocycles. The smallest absolute Gasteiger partial charge is 0.0843 e. The summed E-state index contributed by atoms with van der Waals surface area (Å²) in [6.45, 7) is 3.25. The monoisotopic (exact) mass is 485 g/mol. The lowest BCUT2D eigenvalue weighted by Crippen LogP contribution is -2.22. The molecule has 0 radical (unpaired) electrons. The van der Waals surface area contributed by atoms with E-state index in [9.17, 15) is 0 Å². The van der Waals surface area contributed by atoms with Gasteiger partial charge in [-0.1, -0.05) is 6.92 Å². The standard InChI is InChI=1S/C13H14Br3NS2/c1-2-5-17-10(6-8-3-4-12(15)18-8)11-7-9(14)13(16)19-11/h3-4,7,10,17H,2,5-6H2,1H3. The summed E-state index contributed by atoms with van der Waals surface area (Å²) in [5.41, 5.74) is 0. The van der Waals surface area contributed by atoms with Crippen LogP contribution in [0.4, 0.5) is 0 Å². The summed E-state index contributed by atoms with van der Waals surface area (Å²) in [7, 11) is 0. The minimum atomic E-state index is 0.387. The van der Waals surface area contributed by atoms with Crippen LogP contribution in [0, 0.1) is 0 Å². The van der Waals surface area contributed by atoms with Crippen molar-refractivity contribution < 1.29 is 0 Å². The zero-order valence-corrected chi connectivity index (χ0v) is 16.8. The molecule has 0 saturated heterocycles. The summed E-state index contributed by atoms with van der Waals surface area (Å²) in [6, 6.07) is 6.92. The number of nitrogens with one attached hydrogen (secondary N) is 1. The first-order valence-electron chi connectivity index (χ1n) is 6.02. The van der Waals surface area contributed by atoms with Crippen LogP contribution in [0.15, 0.2) is 30.2 Å². The Kier molecular flexibility index (Phi) is 6.56. The van der Waals surface area contributed by atoms with Gasteiger partial charge in [0, 0.05) is 26.7 Å². The molecule has 0 fully saturated rings. The van der Waals surface area contributed by atoms with Crippen LogP contribution < -0.4 is 5.32 Å². The summed E-state index contributed by atoms with van der Waals surface area (Å²) in [4.78, 5) is 2.78. The molecular formula is C13H14Br3NS2. The fourth-order valence-electron chi connectivity index (χ4n) is 1.79. The third-order valence-corrected chi connectivity index (χ3v) is 7.70. The summed E-state index contributed by atoms with van der Waals surface area (Å²) in [5.74, 6) is 0. The second-order valence-corrected chi connectivity index (χ2v) is 9.99. The van der Waals surface area contributed by atoms with Crippen LogP contribution in [0.1, 0.15) is 29.1 Å². The Balaban J connectivity index is 2.15. The van der Waals surface area contributed by atoms with Gasteiger partial charge in [-0.2, -0.15) is 0 Å². The van der Waals surface area contributed by atoms with E-state index in [1.54, 1.807) is 11.3 Å². The van der Waals surface area contributed by atoms with E-state index in [0.717, 1.165) is 27.6 Å². The van der Waals surface area contributed by atoms with Crippen LogP contribution in [-0.4, -0.2) is 6.54 Å². The van der Waals surface area contributed by atoms with Crippen molar-refractivity contribution in [1.29, 1.82) is 0 Å². The molecule has 0 aliphatic rings. The average Bonchev–Trinajstić information content (AvgIpc) is 2.92. The first-order valence-corrected chi connectivity index (χ1v) is 10.0. The summed E-state index contributed by atoms with van der Waals surface area (Å²) >= 11 is 14.3. The molecule has 19 heavy (non-hydrogen) atoms. The van der Waals surface area contributed by atoms with Gasteiger partial charge in [0.2, 0.25) is 0 Å². The fraction of sp³-hybridized carbons (Fsp3) is 0.385. The Morgan fingerprint density at radius 2 is 2.00 bits per heavy atom. The zero-order valence-electron chi connectivity index (χ0n) is 10.4. The van der Waals surface area contributed by atoms with E-state index >= 15 is 0 Å². The number of hydrogen-bond acceptors (Lipinski definition) is 3. The average molecular weight is 488 g/mol. The van der Waals surface area contributed by atoms with Crippen molar-refractivity contribution in [3.05, 3.63) is 40.0 Å². The van der Waals surface area contributed by atoms with E-state index in [2.05, 4.69) is 78.2 Å². The van der Waals surface area contributed by atoms with Crippen LogP contribution in [0.2, 0.25) is 0 Å². The molecule has 6 heteroatoms. The largest absolute Gasteiger partial charge is 0.309 e. The molecule has 0 aliphatic carbocycles. The molecular weight excluding hydrogens is 474 g/mol. The molecule has 0 aromatic carbocycles. The summed E-state index contributed by atoms with van der Waals surface area (Å²) in [6.07, 6.45) is 2.19. The number of hydrogen-bond donors (Lipinski definition) is 1. The van der Waals surface area contributed by atoms with E-state index in [1.165, 1.54) is 13.5 Å². The maximum Gasteiger partial charge on any atom is 0.0843 e. The molecule has 0 aliphatic heterocycles. The molecule has 104 valence electrons. The van der Waals surface area contributed by atoms with Crippen molar-refractivity contribution in [3.63, 3.8) is 0 Å². The van der Waals surface area contributed by atoms with Gasteiger partial charge in [0.25, 0.3) is 0 Å². The topological polar surface area (TPSA) is 12.0 Å². The number of thiophene rings is 2. The Morgan fingerprint density at radius 1 is 1.21 bits per heavy atom. The zero-order chi connectivity index (χ0) is 13.8. The summed E-state index contributed by atoms with van der Waals surface area (Å²) < 4.78 is 3.51. The minimum absolute atomic E-state index is 0.387. The van der Waals surface area contributed by atoms with Crippen molar-refractivity contribution in [2.45, 2.75) is 25.8 Å². The van der Waals surface area contributed by atoms with Crippen LogP contribution in [-0.2, 0) is 6.42 Å². The minimum Gasteiger partial charge on any atom is -0.309 e. The first-order chi connectivity index (χ1) is 9.10. The SMILES string of the molecule is CCCNC(Cc1ccc(Br)s1)c1cc(Br)c(Br)s1. The van der Waals surface area contributed by atoms with E-state index < -0.39 is 0 Å². The molecule has 0 spiro atoms. The van der Waals surface area contributed by atoms with Crippen LogP contribution in [0.3, 0.4) is 0 Å². The van der Waals surface area contributed by atoms with Crippen molar-refractivity contribution >= 4 is 70.5 Å². The van der Waals surface area contributed by atoms with Gasteiger partial charge >= 0.3 is 0 Å². The molecule has 0 saturated carbocycles. The van der Waals surface area contributed by atoms with Crippen LogP contribution in [0.5, 0.6) is 0 Å². The van der Waals surface area contributed by atoms with Crippen molar-refractivity contribution in [2.75, 3.05) is 6.54 Å². The molecule has 1 atom stereocenters. The van der Waals surface area contributed by atoms with Crippen molar-refractivity contribution in [2.24, 2.45) is 0 Å². The highest BCUT2D eigenvalue weighted by Gasteiger charge is 2.16. The third kappa shape index (κ3) is 4.64. The van der Waals surface area contributed by atoms with Gasteiger partial charge in [-0.3, -0.25) is 0 Å². The van der Waals surface area contributed by atoms with Gasteiger partial charge in [0.15, 0.2) is 0 Å². The first kappa shape index (κ1) is 16.2. The second kappa shape index (κ2) is 7.71. The maximum atomic E-state index is 3.64. The molecule has 2 rings (SSSR count). The van der Waals surface area contributed by atoms with Gasteiger partial charge < -0.3 is 5.32 Å². The number of halogens is 3. The molecule has 1 unspecified atom stereocenters. The van der Waals surface area contributed by atoms with E-state index in [-0.39, 0.29) is 0 Å². The lowest BCUT2D eigenvalue weighted by molar-refractivity contribution is 0.539. The maximum absolute atomic E-state index is 3.64. The molecule has 2 heterocycles. The van der Waals surface area contributed by atoms with Crippen molar-refractivity contribution in [3.8, 4) is 0 Å². The molecule has 0 amide bonds. The Morgan fingerprint density at radius 3 is 2.53 bits per heavy atom. The second-order valence-electron chi connectivity index (χ2n) is 4.19. The van der Waals surface area contributed by atoms with Gasteiger partial charge in [-0.15, -0.1) is 22.7 Å². The van der Waals surface area contributed by atoms with Crippen LogP contribution in [0.25, 0.3) is 0 Å². The van der Waals surface area contributed by atoms with E-state index in [1.807, 2.05) is 11.3 Å². The quantitative estimate of drug-likeness (QED) is 0.498. The molecule has 1 N–H and O–H groups in total. The molecule has 2 aromatic rings. The van der Waals surface area contributed by atoms with E-state index in [4.69, 9.17) is 0 Å². The summed E-state index contributed by atoms with van der Waals surface area (Å²) in [5, 5.41) is 3.64. The Labute approximate surface area is 147 Å². The molecule has 0 bridgehead atoms. The van der Waals surface area contributed by atoms with Crippen molar-refractivity contribution in [1.82, 2.24) is 5.32 Å². The lowest BCUT2D eigenvalue weighted by atomic mass is 10.1. The Bertz CT molecular complexity index is 516. The molecule has 1 nitrogen and oxygen atoms in total. The third-order valence-electron chi connectivity index (χ3n) is 2.68. The van der Waals surface area contributed by atoms with E-state index in [0.29, 0.717) is 6.04 Å².